The molecule has 1 saturated heterocycles. The van der Waals surface area contributed by atoms with Crippen molar-refractivity contribution in [2.45, 2.75) is 78.0 Å². The first-order valence-corrected chi connectivity index (χ1v) is 10.5. The third kappa shape index (κ3) is 6.46. The van der Waals surface area contributed by atoms with Crippen molar-refractivity contribution in [1.82, 2.24) is 14.9 Å². The van der Waals surface area contributed by atoms with E-state index in [1.54, 1.807) is 0 Å². The van der Waals surface area contributed by atoms with E-state index in [-0.39, 0.29) is 41.1 Å². The zero-order valence-electron chi connectivity index (χ0n) is 16.7. The second-order valence-corrected chi connectivity index (χ2v) is 9.75. The molecule has 0 aromatic carbocycles. The highest BCUT2D eigenvalue weighted by Crippen LogP contribution is 2.39. The molecule has 0 bridgehead atoms. The number of carbonyl (C=O) groups is 3. The second-order valence-electron chi connectivity index (χ2n) is 8.26. The molecule has 1 unspecified atom stereocenters. The monoisotopic (exact) mass is 403 g/mol. The van der Waals surface area contributed by atoms with E-state index in [1.165, 1.54) is 0 Å². The molecule has 8 heteroatoms. The minimum atomic E-state index is -0.575. The highest BCUT2D eigenvalue weighted by molar-refractivity contribution is 8.11. The Morgan fingerprint density at radius 2 is 1.85 bits per heavy atom. The van der Waals surface area contributed by atoms with Crippen LogP contribution in [-0.2, 0) is 9.59 Å². The first kappa shape index (κ1) is 23.3. The Morgan fingerprint density at radius 1 is 1.27 bits per heavy atom. The molecule has 6 nitrogen and oxygen atoms in total. The lowest BCUT2D eigenvalue weighted by molar-refractivity contribution is -0.138. The van der Waals surface area contributed by atoms with E-state index in [4.69, 9.17) is 0 Å². The standard InChI is InChI=1S/C18H33N3O3S2/c1-7-12(8-2)17(3,4)10-18(5,6)20-16(24)26-19-11-21-14(22)9-13(25)15(21)23/h12-13,19,25H,7-11H2,1-6H3,(H,20,24). The number of carbonyl (C=O) groups excluding carboxylic acids is 3. The minimum absolute atomic E-state index is 0.00643. The SMILES string of the molecule is CCC(CC)C(C)(C)CC(C)(C)NC(=O)SNCN1C(=O)CC(S)C1=O. The summed E-state index contributed by atoms with van der Waals surface area (Å²) in [6, 6.07) is 0. The second kappa shape index (κ2) is 9.46. The summed E-state index contributed by atoms with van der Waals surface area (Å²) < 4.78 is 2.79. The third-order valence-electron chi connectivity index (χ3n) is 5.04. The normalized spacial score (nSPS) is 18.8. The number of amides is 3. The molecule has 0 aromatic heterocycles. The van der Waals surface area contributed by atoms with Crippen LogP contribution >= 0.6 is 24.6 Å². The van der Waals surface area contributed by atoms with E-state index in [9.17, 15) is 14.4 Å². The molecule has 0 saturated carbocycles. The summed E-state index contributed by atoms with van der Waals surface area (Å²) in [4.78, 5) is 36.8. The largest absolute Gasteiger partial charge is 0.341 e. The first-order chi connectivity index (χ1) is 11.9. The highest BCUT2D eigenvalue weighted by atomic mass is 32.2. The van der Waals surface area contributed by atoms with E-state index < -0.39 is 5.25 Å². The molecule has 1 fully saturated rings. The maximum Gasteiger partial charge on any atom is 0.294 e. The topological polar surface area (TPSA) is 78.5 Å². The minimum Gasteiger partial charge on any atom is -0.341 e. The van der Waals surface area contributed by atoms with Gasteiger partial charge in [-0.05, 0) is 31.6 Å². The Balaban J connectivity index is 2.48. The summed E-state index contributed by atoms with van der Waals surface area (Å²) in [7, 11) is 0. The Labute approximate surface area is 167 Å². The Hall–Kier alpha value is -0.730. The molecule has 0 aromatic rings. The average molecular weight is 404 g/mol. The van der Waals surface area contributed by atoms with Crippen molar-refractivity contribution in [2.24, 2.45) is 11.3 Å². The van der Waals surface area contributed by atoms with Crippen LogP contribution in [0.15, 0.2) is 0 Å². The van der Waals surface area contributed by atoms with Crippen molar-refractivity contribution in [1.29, 1.82) is 0 Å². The molecular formula is C18H33N3O3S2. The lowest BCUT2D eigenvalue weighted by Gasteiger charge is -2.40. The molecule has 1 rings (SSSR count). The highest BCUT2D eigenvalue weighted by Gasteiger charge is 2.37. The number of thiol groups is 1. The smallest absolute Gasteiger partial charge is 0.294 e. The molecular weight excluding hydrogens is 370 g/mol. The van der Waals surface area contributed by atoms with Crippen LogP contribution in [0.25, 0.3) is 0 Å². The van der Waals surface area contributed by atoms with Crippen LogP contribution in [0.2, 0.25) is 0 Å². The molecule has 1 atom stereocenters. The number of likely N-dealkylation sites (tertiary alicyclic amines) is 1. The van der Waals surface area contributed by atoms with Crippen LogP contribution < -0.4 is 10.0 Å². The maximum atomic E-state index is 12.2. The molecule has 1 heterocycles. The van der Waals surface area contributed by atoms with E-state index in [2.05, 4.69) is 50.4 Å². The van der Waals surface area contributed by atoms with Crippen LogP contribution in [0.4, 0.5) is 4.79 Å². The summed E-state index contributed by atoms with van der Waals surface area (Å²) >= 11 is 4.94. The van der Waals surface area contributed by atoms with Gasteiger partial charge in [0.25, 0.3) is 5.24 Å². The van der Waals surface area contributed by atoms with Gasteiger partial charge in [-0.2, -0.15) is 12.6 Å². The van der Waals surface area contributed by atoms with E-state index in [0.29, 0.717) is 5.92 Å². The van der Waals surface area contributed by atoms with Crippen molar-refractivity contribution >= 4 is 41.6 Å². The zero-order valence-corrected chi connectivity index (χ0v) is 18.4. The number of nitrogens with zero attached hydrogens (tertiary/aromatic N) is 1. The quantitative estimate of drug-likeness (QED) is 0.312. The van der Waals surface area contributed by atoms with Gasteiger partial charge < -0.3 is 5.32 Å². The van der Waals surface area contributed by atoms with Crippen molar-refractivity contribution in [3.05, 3.63) is 0 Å². The molecule has 2 N–H and O–H groups in total. The van der Waals surface area contributed by atoms with Gasteiger partial charge in [0, 0.05) is 23.9 Å². The van der Waals surface area contributed by atoms with Gasteiger partial charge in [0.1, 0.15) is 0 Å². The lowest BCUT2D eigenvalue weighted by Crippen LogP contribution is -2.47. The molecule has 1 aliphatic heterocycles. The molecule has 26 heavy (non-hydrogen) atoms. The fourth-order valence-electron chi connectivity index (χ4n) is 4.02. The Morgan fingerprint density at radius 3 is 2.31 bits per heavy atom. The summed E-state index contributed by atoms with van der Waals surface area (Å²) in [6.07, 6.45) is 3.21. The van der Waals surface area contributed by atoms with Gasteiger partial charge in [0.05, 0.1) is 11.9 Å². The zero-order chi connectivity index (χ0) is 20.1. The van der Waals surface area contributed by atoms with Gasteiger partial charge in [0.15, 0.2) is 0 Å². The summed E-state index contributed by atoms with van der Waals surface area (Å²) in [6.45, 7) is 13.0. The van der Waals surface area contributed by atoms with Crippen molar-refractivity contribution in [2.75, 3.05) is 6.67 Å². The van der Waals surface area contributed by atoms with E-state index in [1.807, 2.05) is 13.8 Å². The van der Waals surface area contributed by atoms with Gasteiger partial charge in [-0.1, -0.05) is 40.5 Å². The molecule has 0 spiro atoms. The number of hydrogen-bond acceptors (Lipinski definition) is 6. The van der Waals surface area contributed by atoms with Crippen molar-refractivity contribution in [3.8, 4) is 0 Å². The van der Waals surface area contributed by atoms with Gasteiger partial charge in [-0.3, -0.25) is 19.3 Å². The molecule has 0 radical (unpaired) electrons. The van der Waals surface area contributed by atoms with Gasteiger partial charge in [-0.15, -0.1) is 0 Å². The lowest BCUT2D eigenvalue weighted by atomic mass is 9.69. The molecule has 1 aliphatic rings. The van der Waals surface area contributed by atoms with Crippen LogP contribution in [-0.4, -0.2) is 39.4 Å². The van der Waals surface area contributed by atoms with E-state index >= 15 is 0 Å². The molecule has 3 amide bonds. The van der Waals surface area contributed by atoms with Crippen molar-refractivity contribution < 1.29 is 14.4 Å². The summed E-state index contributed by atoms with van der Waals surface area (Å²) in [5, 5.41) is 2.23. The van der Waals surface area contributed by atoms with Crippen LogP contribution in [0.3, 0.4) is 0 Å². The van der Waals surface area contributed by atoms with E-state index in [0.717, 1.165) is 36.1 Å². The van der Waals surface area contributed by atoms with Gasteiger partial charge in [-0.25, -0.2) is 4.72 Å². The molecule has 150 valence electrons. The fourth-order valence-corrected chi connectivity index (χ4v) is 4.97. The first-order valence-electron chi connectivity index (χ1n) is 9.17. The Kier molecular flexibility index (Phi) is 8.48. The number of hydrogen-bond donors (Lipinski definition) is 3. The van der Waals surface area contributed by atoms with Crippen LogP contribution in [0, 0.1) is 11.3 Å². The Bertz CT molecular complexity index is 534. The summed E-state index contributed by atoms with van der Waals surface area (Å²) in [5.74, 6) is 0.0145. The third-order valence-corrected chi connectivity index (χ3v) is 6.00. The average Bonchev–Trinajstić information content (AvgIpc) is 2.72. The van der Waals surface area contributed by atoms with Gasteiger partial charge in [0.2, 0.25) is 11.8 Å². The number of rotatable bonds is 9. The number of nitrogens with one attached hydrogen (secondary N) is 2. The van der Waals surface area contributed by atoms with Crippen molar-refractivity contribution in [3.63, 3.8) is 0 Å². The summed E-state index contributed by atoms with van der Waals surface area (Å²) in [5.41, 5.74) is -0.234. The molecule has 0 aliphatic carbocycles. The number of imide groups is 1. The predicted octanol–water partition coefficient (Wildman–Crippen LogP) is 3.58. The maximum absolute atomic E-state index is 12.2. The van der Waals surface area contributed by atoms with Gasteiger partial charge >= 0.3 is 0 Å². The predicted molar refractivity (Wildman–Crippen MR) is 110 cm³/mol. The van der Waals surface area contributed by atoms with Crippen LogP contribution in [0.1, 0.15) is 67.2 Å². The van der Waals surface area contributed by atoms with Crippen LogP contribution in [0.5, 0.6) is 0 Å². The fraction of sp³-hybridized carbons (Fsp3) is 0.833.